The van der Waals surface area contributed by atoms with Gasteiger partial charge in [0, 0.05) is 11.1 Å². The van der Waals surface area contributed by atoms with Gasteiger partial charge in [0.1, 0.15) is 23.7 Å². The molecule has 0 unspecified atom stereocenters. The van der Waals surface area contributed by atoms with E-state index in [4.69, 9.17) is 0 Å². The minimum Gasteiger partial charge on any atom is -0.468 e. The Kier molecular flexibility index (Phi) is 7.51. The highest BCUT2D eigenvalue weighted by atomic mass is 32.2. The molecule has 2 fully saturated rings. The Bertz CT molecular complexity index is 1640. The molecular weight excluding hydrogens is 587 g/mol. The molecule has 0 spiro atoms. The second kappa shape index (κ2) is 10.7. The summed E-state index contributed by atoms with van der Waals surface area (Å²) in [5, 5.41) is 2.61. The van der Waals surface area contributed by atoms with E-state index in [0.717, 1.165) is 13.2 Å². The fourth-order valence-corrected chi connectivity index (χ4v) is 6.38. The van der Waals surface area contributed by atoms with E-state index in [1.807, 2.05) is 0 Å². The molecule has 0 bridgehead atoms. The van der Waals surface area contributed by atoms with Crippen LogP contribution in [0.4, 0.5) is 22.0 Å². The zero-order valence-corrected chi connectivity index (χ0v) is 22.7. The summed E-state index contributed by atoms with van der Waals surface area (Å²) in [5.41, 5.74) is -2.29. The number of likely N-dealkylation sites (tertiary alicyclic amines) is 1. The Morgan fingerprint density at radius 2 is 1.81 bits per heavy atom. The highest BCUT2D eigenvalue weighted by molar-refractivity contribution is 7.92. The van der Waals surface area contributed by atoms with Crippen molar-refractivity contribution in [3.63, 3.8) is 0 Å². The van der Waals surface area contributed by atoms with Crippen LogP contribution in [0.25, 0.3) is 0 Å². The van der Waals surface area contributed by atoms with Gasteiger partial charge in [-0.1, -0.05) is 17.9 Å². The quantitative estimate of drug-likeness (QED) is 0.279. The Hall–Kier alpha value is -3.99. The number of nitrogens with zero attached hydrogens (tertiary/aromatic N) is 1. The van der Waals surface area contributed by atoms with E-state index in [9.17, 15) is 44.8 Å². The fourth-order valence-electron chi connectivity index (χ4n) is 5.19. The van der Waals surface area contributed by atoms with Crippen LogP contribution in [0.2, 0.25) is 0 Å². The van der Waals surface area contributed by atoms with Gasteiger partial charge in [-0.15, -0.1) is 0 Å². The van der Waals surface area contributed by atoms with Crippen LogP contribution in [0.5, 0.6) is 0 Å². The van der Waals surface area contributed by atoms with Crippen LogP contribution in [-0.2, 0) is 30.3 Å². The maximum atomic E-state index is 14.8. The molecule has 0 radical (unpaired) electrons. The van der Waals surface area contributed by atoms with Crippen LogP contribution < -0.4 is 5.32 Å². The second-order valence-electron chi connectivity index (χ2n) is 10.3. The monoisotopic (exact) mass is 610 g/mol. The standard InChI is InChI=1S/C28H23F5N2O6S/c1-41-24(36)13-42(39,40)17-4-2-3-16(9-17)27(38)35-22-8-7-15(22)10-23(35)26(37)34-25(14-5-6-14)18-11-21(30)19(12-20(18)29)28(31,32)33/h2-4,9,11-12,14-15,22-23,25H,5-6,10,13H2,1H3,(H,34,37)/t15-,22-,23-,25-/m1/s1. The van der Waals surface area contributed by atoms with Crippen LogP contribution >= 0.6 is 0 Å². The summed E-state index contributed by atoms with van der Waals surface area (Å²) in [7, 11) is -3.12. The van der Waals surface area contributed by atoms with Crippen molar-refractivity contribution in [3.8, 4) is 11.8 Å². The number of nitrogens with one attached hydrogen (secondary N) is 1. The van der Waals surface area contributed by atoms with E-state index < -0.39 is 80.4 Å². The molecule has 0 aromatic heterocycles. The maximum Gasteiger partial charge on any atom is 0.419 e. The van der Waals surface area contributed by atoms with E-state index in [1.54, 1.807) is 0 Å². The summed E-state index contributed by atoms with van der Waals surface area (Å²) in [4.78, 5) is 39.6. The Morgan fingerprint density at radius 3 is 2.40 bits per heavy atom. The highest BCUT2D eigenvalue weighted by Gasteiger charge is 2.50. The van der Waals surface area contributed by atoms with E-state index in [2.05, 4.69) is 21.9 Å². The molecule has 5 rings (SSSR count). The van der Waals surface area contributed by atoms with E-state index in [0.29, 0.717) is 18.9 Å². The van der Waals surface area contributed by atoms with Crippen molar-refractivity contribution in [2.75, 3.05) is 12.9 Å². The van der Waals surface area contributed by atoms with Gasteiger partial charge in [0.2, 0.25) is 5.91 Å². The van der Waals surface area contributed by atoms with Crippen LogP contribution in [0, 0.1) is 35.3 Å². The first-order chi connectivity index (χ1) is 19.7. The van der Waals surface area contributed by atoms with Gasteiger partial charge in [0.05, 0.1) is 29.5 Å². The normalized spacial score (nSPS) is 21.9. The number of amides is 2. The number of carbonyl (C=O) groups is 3. The molecule has 3 aliphatic rings. The van der Waals surface area contributed by atoms with Crippen LogP contribution in [-0.4, -0.2) is 56.0 Å². The Balaban J connectivity index is 1.41. The molecular formula is C28H23F5N2O6S. The van der Waals surface area contributed by atoms with Crippen molar-refractivity contribution in [3.05, 3.63) is 64.7 Å². The number of esters is 1. The van der Waals surface area contributed by atoms with Crippen molar-refractivity contribution >= 4 is 27.6 Å². The number of carbonyl (C=O) groups excluding carboxylic acids is 3. The zero-order valence-electron chi connectivity index (χ0n) is 21.9. The van der Waals surface area contributed by atoms with Gasteiger partial charge in [-0.25, -0.2) is 17.2 Å². The number of hydrogen-bond donors (Lipinski definition) is 1. The smallest absolute Gasteiger partial charge is 0.419 e. The molecule has 14 heteroatoms. The molecule has 222 valence electrons. The molecule has 2 aromatic carbocycles. The summed E-state index contributed by atoms with van der Waals surface area (Å²) in [6.45, 7) is 0. The topological polar surface area (TPSA) is 110 Å². The molecule has 42 heavy (non-hydrogen) atoms. The number of alkyl halides is 3. The summed E-state index contributed by atoms with van der Waals surface area (Å²) in [5.74, 6) is -1.46. The van der Waals surface area contributed by atoms with E-state index >= 15 is 0 Å². The molecule has 1 saturated carbocycles. The third-order valence-electron chi connectivity index (χ3n) is 7.54. The Morgan fingerprint density at radius 1 is 1.10 bits per heavy atom. The van der Waals surface area contributed by atoms with Gasteiger partial charge in [-0.05, 0) is 55.5 Å². The first-order valence-electron chi connectivity index (χ1n) is 12.8. The lowest BCUT2D eigenvalue weighted by molar-refractivity contribution is -0.140. The van der Waals surface area contributed by atoms with E-state index in [1.165, 1.54) is 23.1 Å². The van der Waals surface area contributed by atoms with Gasteiger partial charge < -0.3 is 15.0 Å². The third kappa shape index (κ3) is 5.57. The highest BCUT2D eigenvalue weighted by Crippen LogP contribution is 2.44. The summed E-state index contributed by atoms with van der Waals surface area (Å²) >= 11 is 0. The second-order valence-corrected chi connectivity index (χ2v) is 12.3. The lowest BCUT2D eigenvalue weighted by Gasteiger charge is -2.31. The van der Waals surface area contributed by atoms with Crippen LogP contribution in [0.3, 0.4) is 0 Å². The maximum absolute atomic E-state index is 14.8. The third-order valence-corrected chi connectivity index (χ3v) is 9.13. The number of fused-ring (bicyclic) bond motifs is 1. The predicted octanol–water partition coefficient (Wildman–Crippen LogP) is 3.41. The van der Waals surface area contributed by atoms with Crippen molar-refractivity contribution < 1.29 is 49.5 Å². The average Bonchev–Trinajstić information content (AvgIpc) is 3.72. The molecule has 1 aliphatic heterocycles. The number of halogens is 5. The molecule has 4 atom stereocenters. The number of sulfone groups is 1. The largest absolute Gasteiger partial charge is 0.468 e. The van der Waals surface area contributed by atoms with Gasteiger partial charge in [0.15, 0.2) is 15.6 Å². The molecule has 1 N–H and O–H groups in total. The molecule has 2 amide bonds. The van der Waals surface area contributed by atoms with Crippen molar-refractivity contribution in [1.82, 2.24) is 10.2 Å². The fraction of sp³-hybridized carbons (Fsp3) is 0.393. The summed E-state index contributed by atoms with van der Waals surface area (Å²) in [6.07, 6.45) is -3.97. The van der Waals surface area contributed by atoms with E-state index in [-0.39, 0.29) is 34.8 Å². The van der Waals surface area contributed by atoms with Crippen LogP contribution in [0.1, 0.15) is 46.8 Å². The summed E-state index contributed by atoms with van der Waals surface area (Å²) < 4.78 is 98.0. The number of rotatable bonds is 8. The van der Waals surface area contributed by atoms with Crippen molar-refractivity contribution in [2.24, 2.45) is 11.8 Å². The number of ether oxygens (including phenoxy) is 1. The number of methoxy groups -OCH3 is 1. The van der Waals surface area contributed by atoms with Crippen molar-refractivity contribution in [2.45, 2.75) is 48.5 Å². The van der Waals surface area contributed by atoms with Gasteiger partial charge in [0.25, 0.3) is 5.91 Å². The van der Waals surface area contributed by atoms with Crippen LogP contribution in [0.15, 0.2) is 41.3 Å². The average molecular weight is 611 g/mol. The minimum absolute atomic E-state index is 0.0624. The lowest BCUT2D eigenvalue weighted by atomic mass is 9.92. The molecule has 2 aliphatic carbocycles. The summed E-state index contributed by atoms with van der Waals surface area (Å²) in [6, 6.07) is 2.46. The first kappa shape index (κ1) is 29.5. The first-order valence-corrected chi connectivity index (χ1v) is 14.5. The molecule has 1 heterocycles. The molecule has 2 aromatic rings. The minimum atomic E-state index is -5.11. The van der Waals surface area contributed by atoms with Gasteiger partial charge in [-0.2, -0.15) is 13.2 Å². The van der Waals surface area contributed by atoms with Gasteiger partial charge >= 0.3 is 12.1 Å². The molecule has 1 saturated heterocycles. The predicted molar refractivity (Wildman–Crippen MR) is 135 cm³/mol. The molecule has 8 nitrogen and oxygen atoms in total. The Labute approximate surface area is 237 Å². The number of hydrogen-bond acceptors (Lipinski definition) is 6. The van der Waals surface area contributed by atoms with Gasteiger partial charge in [-0.3, -0.25) is 14.4 Å². The van der Waals surface area contributed by atoms with Crippen molar-refractivity contribution in [1.29, 1.82) is 0 Å². The SMILES string of the molecule is COC(=O)CS(=O)(=O)c1cccc(C(=O)N2[C@@H](C(=O)N[C@@H](c3cc(F)c(C(F)(F)F)cc3F)C3CC3)C[C@H]3C#C[C@H]32)c1. The number of benzene rings is 2. The zero-order chi connectivity index (χ0) is 30.6. The lowest BCUT2D eigenvalue weighted by Crippen LogP contribution is -2.50.